The molecule has 1 aliphatic carbocycles. The Morgan fingerprint density at radius 3 is 2.67 bits per heavy atom. The summed E-state index contributed by atoms with van der Waals surface area (Å²) in [5, 5.41) is 11.2. The molecule has 0 aliphatic heterocycles. The van der Waals surface area contributed by atoms with Crippen LogP contribution in [0, 0.1) is 11.3 Å². The number of benzene rings is 2. The Morgan fingerprint density at radius 2 is 1.95 bits per heavy atom. The number of aromatic amines is 1. The van der Waals surface area contributed by atoms with E-state index < -0.39 is 10.5 Å². The molecule has 6 rings (SSSR count). The minimum absolute atomic E-state index is 0.134. The fraction of sp³-hybridized carbons (Fsp3) is 0.250. The zero-order valence-electron chi connectivity index (χ0n) is 20.9. The first-order valence-corrected chi connectivity index (χ1v) is 13.9. The standard InChI is InChI=1S/C28H23FN4O5S/c1-2-37-25-12-22-24(11-21(25)17-10-19(15-31-14-17)38-39(29,35)36)33(18-5-3-4-6-18)28-26(27(22)34)20-8-7-16(13-30)9-23(20)32-28/h7-12,14-15,18,32H,2-6H2,1H3. The van der Waals surface area contributed by atoms with Crippen molar-refractivity contribution in [2.45, 2.75) is 38.6 Å². The van der Waals surface area contributed by atoms with Crippen molar-refractivity contribution in [2.75, 3.05) is 6.61 Å². The lowest BCUT2D eigenvalue weighted by Crippen LogP contribution is -2.15. The number of aromatic nitrogens is 3. The van der Waals surface area contributed by atoms with Crippen LogP contribution >= 0.6 is 0 Å². The molecule has 0 bridgehead atoms. The number of nitriles is 1. The highest BCUT2D eigenvalue weighted by Crippen LogP contribution is 2.40. The number of H-pyrrole nitrogens is 1. The van der Waals surface area contributed by atoms with Gasteiger partial charge in [0.15, 0.2) is 11.2 Å². The highest BCUT2D eigenvalue weighted by molar-refractivity contribution is 7.81. The Kier molecular flexibility index (Phi) is 5.99. The summed E-state index contributed by atoms with van der Waals surface area (Å²) in [5.41, 5.74) is 3.36. The molecule has 1 aliphatic rings. The van der Waals surface area contributed by atoms with E-state index in [1.54, 1.807) is 24.3 Å². The van der Waals surface area contributed by atoms with E-state index >= 15 is 0 Å². The van der Waals surface area contributed by atoms with Crippen molar-refractivity contribution < 1.29 is 21.2 Å². The van der Waals surface area contributed by atoms with Crippen LogP contribution < -0.4 is 14.3 Å². The summed E-state index contributed by atoms with van der Waals surface area (Å²) in [7, 11) is -5.24. The van der Waals surface area contributed by atoms with Gasteiger partial charge in [-0.3, -0.25) is 9.78 Å². The van der Waals surface area contributed by atoms with Gasteiger partial charge in [0.05, 0.1) is 40.7 Å². The molecule has 1 saturated carbocycles. The second kappa shape index (κ2) is 9.39. The lowest BCUT2D eigenvalue weighted by atomic mass is 10.0. The van der Waals surface area contributed by atoms with Crippen molar-refractivity contribution in [1.82, 2.24) is 14.5 Å². The molecule has 11 heteroatoms. The summed E-state index contributed by atoms with van der Waals surface area (Å²) in [6.07, 6.45) is 6.58. The van der Waals surface area contributed by atoms with Gasteiger partial charge < -0.3 is 18.5 Å². The number of nitrogens with zero attached hydrogens (tertiary/aromatic N) is 3. The largest absolute Gasteiger partial charge is 0.493 e. The minimum Gasteiger partial charge on any atom is -0.493 e. The number of hydrogen-bond acceptors (Lipinski definition) is 7. The van der Waals surface area contributed by atoms with Crippen LogP contribution in [0.4, 0.5) is 3.89 Å². The zero-order chi connectivity index (χ0) is 27.3. The average Bonchev–Trinajstić information content (AvgIpc) is 3.56. The van der Waals surface area contributed by atoms with Crippen LogP contribution in [0.2, 0.25) is 0 Å². The van der Waals surface area contributed by atoms with Gasteiger partial charge >= 0.3 is 10.5 Å². The number of fused-ring (bicyclic) bond motifs is 4. The Labute approximate surface area is 222 Å². The second-order valence-corrected chi connectivity index (χ2v) is 10.5. The van der Waals surface area contributed by atoms with Gasteiger partial charge in [-0.1, -0.05) is 22.8 Å². The highest BCUT2D eigenvalue weighted by Gasteiger charge is 2.25. The number of rotatable bonds is 6. The average molecular weight is 547 g/mol. The SMILES string of the molecule is CCOc1cc2c(=O)c3c4ccc(C#N)cc4[nH]c3n(C3CCCC3)c2cc1-c1cncc(OS(=O)(=O)F)c1. The molecule has 5 aromatic rings. The lowest BCUT2D eigenvalue weighted by Gasteiger charge is -2.21. The molecular formula is C28H23FN4O5S. The van der Waals surface area contributed by atoms with Crippen LogP contribution in [-0.2, 0) is 10.5 Å². The third kappa shape index (κ3) is 4.36. The predicted octanol–water partition coefficient (Wildman–Crippen LogP) is 5.68. The molecule has 0 amide bonds. The van der Waals surface area contributed by atoms with Gasteiger partial charge in [0, 0.05) is 34.3 Å². The maximum absolute atomic E-state index is 14.0. The molecule has 9 nitrogen and oxygen atoms in total. The van der Waals surface area contributed by atoms with Gasteiger partial charge in [0.2, 0.25) is 0 Å². The maximum atomic E-state index is 14.0. The monoisotopic (exact) mass is 546 g/mol. The molecule has 0 unspecified atom stereocenters. The fourth-order valence-electron chi connectivity index (χ4n) is 5.64. The van der Waals surface area contributed by atoms with Crippen LogP contribution in [0.3, 0.4) is 0 Å². The first-order valence-electron chi connectivity index (χ1n) is 12.6. The molecule has 2 aromatic carbocycles. The van der Waals surface area contributed by atoms with Crippen molar-refractivity contribution in [1.29, 1.82) is 5.26 Å². The Bertz CT molecular complexity index is 1990. The minimum atomic E-state index is -5.24. The zero-order valence-corrected chi connectivity index (χ0v) is 21.7. The number of nitrogens with one attached hydrogen (secondary N) is 1. The molecule has 1 N–H and O–H groups in total. The molecular weight excluding hydrogens is 523 g/mol. The third-order valence-electron chi connectivity index (χ3n) is 7.19. The summed E-state index contributed by atoms with van der Waals surface area (Å²) < 4.78 is 47.8. The third-order valence-corrected chi connectivity index (χ3v) is 7.58. The summed E-state index contributed by atoms with van der Waals surface area (Å²) in [4.78, 5) is 21.4. The number of hydrogen-bond donors (Lipinski definition) is 1. The van der Waals surface area contributed by atoms with Crippen LogP contribution in [0.15, 0.2) is 53.6 Å². The van der Waals surface area contributed by atoms with Crippen molar-refractivity contribution in [2.24, 2.45) is 0 Å². The topological polar surface area (TPSA) is 127 Å². The smallest absolute Gasteiger partial charge is 0.488 e. The molecule has 198 valence electrons. The van der Waals surface area contributed by atoms with E-state index in [1.165, 1.54) is 12.3 Å². The van der Waals surface area contributed by atoms with E-state index in [2.05, 4.69) is 24.8 Å². The van der Waals surface area contributed by atoms with Crippen LogP contribution in [0.1, 0.15) is 44.2 Å². The quantitative estimate of drug-likeness (QED) is 0.272. The summed E-state index contributed by atoms with van der Waals surface area (Å²) >= 11 is 0. The molecule has 3 heterocycles. The highest BCUT2D eigenvalue weighted by atomic mass is 32.3. The summed E-state index contributed by atoms with van der Waals surface area (Å²) in [6.45, 7) is 2.12. The maximum Gasteiger partial charge on any atom is 0.488 e. The predicted molar refractivity (Wildman–Crippen MR) is 145 cm³/mol. The van der Waals surface area contributed by atoms with Gasteiger partial charge in [-0.15, -0.1) is 0 Å². The van der Waals surface area contributed by atoms with Crippen molar-refractivity contribution in [3.8, 4) is 28.7 Å². The van der Waals surface area contributed by atoms with E-state index in [4.69, 9.17) is 4.74 Å². The molecule has 0 atom stereocenters. The van der Waals surface area contributed by atoms with Gasteiger partial charge in [-0.2, -0.15) is 13.7 Å². The molecule has 0 saturated heterocycles. The fourth-order valence-corrected chi connectivity index (χ4v) is 5.96. The molecule has 0 radical (unpaired) electrons. The van der Waals surface area contributed by atoms with Crippen molar-refractivity contribution in [3.05, 3.63) is 64.6 Å². The van der Waals surface area contributed by atoms with Crippen molar-refractivity contribution in [3.63, 3.8) is 0 Å². The number of pyridine rings is 2. The molecule has 0 spiro atoms. The normalized spacial score (nSPS) is 14.3. The Morgan fingerprint density at radius 1 is 1.15 bits per heavy atom. The molecule has 39 heavy (non-hydrogen) atoms. The lowest BCUT2D eigenvalue weighted by molar-refractivity contribution is 0.342. The summed E-state index contributed by atoms with van der Waals surface area (Å²) in [6, 6.07) is 12.4. The first-order chi connectivity index (χ1) is 18.8. The van der Waals surface area contributed by atoms with E-state index in [1.807, 2.05) is 13.0 Å². The van der Waals surface area contributed by atoms with Gasteiger partial charge in [0.1, 0.15) is 11.4 Å². The molecule has 1 fully saturated rings. The van der Waals surface area contributed by atoms with Crippen LogP contribution in [0.5, 0.6) is 11.5 Å². The van der Waals surface area contributed by atoms with E-state index in [-0.39, 0.29) is 17.2 Å². The van der Waals surface area contributed by atoms with E-state index in [9.17, 15) is 22.4 Å². The first kappa shape index (κ1) is 24.9. The number of ether oxygens (including phenoxy) is 1. The van der Waals surface area contributed by atoms with Crippen LogP contribution in [0.25, 0.3) is 44.0 Å². The Hall–Kier alpha value is -4.43. The summed E-state index contributed by atoms with van der Waals surface area (Å²) in [5.74, 6) is 0.109. The molecule has 3 aromatic heterocycles. The second-order valence-electron chi connectivity index (χ2n) is 9.54. The van der Waals surface area contributed by atoms with Gasteiger partial charge in [-0.05, 0) is 50.1 Å². The van der Waals surface area contributed by atoms with Crippen LogP contribution in [-0.4, -0.2) is 29.6 Å². The van der Waals surface area contributed by atoms with Crippen molar-refractivity contribution >= 4 is 43.3 Å². The van der Waals surface area contributed by atoms with Gasteiger partial charge in [0.25, 0.3) is 0 Å². The van der Waals surface area contributed by atoms with E-state index in [0.717, 1.165) is 37.3 Å². The Balaban J connectivity index is 1.70. The van der Waals surface area contributed by atoms with E-state index in [0.29, 0.717) is 56.5 Å². The number of halogens is 1. The van der Waals surface area contributed by atoms with Gasteiger partial charge in [-0.25, -0.2) is 0 Å².